The van der Waals surface area contributed by atoms with Crippen molar-refractivity contribution in [3.63, 3.8) is 0 Å². The van der Waals surface area contributed by atoms with Gasteiger partial charge in [0.15, 0.2) is 12.4 Å². The van der Waals surface area contributed by atoms with Crippen LogP contribution in [0.2, 0.25) is 10.0 Å². The van der Waals surface area contributed by atoms with E-state index in [0.717, 1.165) is 0 Å². The molecule has 1 heterocycles. The van der Waals surface area contributed by atoms with Crippen LogP contribution in [-0.4, -0.2) is 61.4 Å². The van der Waals surface area contributed by atoms with Gasteiger partial charge in [-0.3, -0.25) is 14.4 Å². The molecule has 8 nitrogen and oxygen atoms in total. The summed E-state index contributed by atoms with van der Waals surface area (Å²) >= 11 is 11.7. The summed E-state index contributed by atoms with van der Waals surface area (Å²) in [6.45, 7) is 0.414. The molecule has 0 spiro atoms. The minimum atomic E-state index is -0.809. The van der Waals surface area contributed by atoms with E-state index in [0.29, 0.717) is 23.9 Å². The number of amides is 2. The number of ether oxygens (including phenoxy) is 2. The summed E-state index contributed by atoms with van der Waals surface area (Å²) in [5, 5.41) is 3.20. The van der Waals surface area contributed by atoms with Crippen LogP contribution < -0.4 is 5.32 Å². The molecule has 0 radical (unpaired) electrons. The molecule has 0 bridgehead atoms. The Labute approximate surface area is 194 Å². The molecular weight excluding hydrogens is 459 g/mol. The highest BCUT2D eigenvalue weighted by atomic mass is 35.5. The molecule has 1 atom stereocenters. The molecular formula is C22H20Cl2N2O6. The van der Waals surface area contributed by atoms with E-state index in [1.807, 2.05) is 0 Å². The van der Waals surface area contributed by atoms with E-state index >= 15 is 0 Å². The third-order valence-corrected chi connectivity index (χ3v) is 5.49. The molecule has 2 aromatic carbocycles. The number of rotatable bonds is 7. The fourth-order valence-corrected chi connectivity index (χ4v) is 3.24. The van der Waals surface area contributed by atoms with Crippen molar-refractivity contribution in [2.45, 2.75) is 12.5 Å². The summed E-state index contributed by atoms with van der Waals surface area (Å²) in [4.78, 5) is 50.1. The first-order chi connectivity index (χ1) is 15.2. The highest BCUT2D eigenvalue weighted by Crippen LogP contribution is 2.23. The largest absolute Gasteiger partial charge is 0.454 e. The van der Waals surface area contributed by atoms with Crippen molar-refractivity contribution in [3.05, 3.63) is 63.6 Å². The summed E-state index contributed by atoms with van der Waals surface area (Å²) in [6, 6.07) is 10.3. The number of Topliss-reactive ketones (excluding diaryl/α,β-unsaturated/α-hetero) is 1. The highest BCUT2D eigenvalue weighted by molar-refractivity contribution is 6.42. The van der Waals surface area contributed by atoms with Gasteiger partial charge in [0.1, 0.15) is 6.10 Å². The molecule has 1 N–H and O–H groups in total. The Morgan fingerprint density at radius 2 is 1.78 bits per heavy atom. The lowest BCUT2D eigenvalue weighted by atomic mass is 10.1. The monoisotopic (exact) mass is 478 g/mol. The van der Waals surface area contributed by atoms with E-state index in [9.17, 15) is 19.2 Å². The predicted octanol–water partition coefficient (Wildman–Crippen LogP) is 3.22. The van der Waals surface area contributed by atoms with Gasteiger partial charge in [-0.2, -0.15) is 0 Å². The van der Waals surface area contributed by atoms with Gasteiger partial charge in [-0.15, -0.1) is 0 Å². The number of hydrogen-bond acceptors (Lipinski definition) is 6. The van der Waals surface area contributed by atoms with Crippen molar-refractivity contribution < 1.29 is 28.7 Å². The summed E-state index contributed by atoms with van der Waals surface area (Å²) in [7, 11) is 1.66. The smallest absolute Gasteiger partial charge is 0.338 e. The second kappa shape index (κ2) is 10.6. The normalized spacial score (nSPS) is 15.9. The Morgan fingerprint density at radius 3 is 2.47 bits per heavy atom. The number of nitrogens with one attached hydrogen (secondary N) is 1. The summed E-state index contributed by atoms with van der Waals surface area (Å²) in [5.41, 5.74) is 0.921. The number of ketones is 1. The second-order valence-corrected chi connectivity index (χ2v) is 7.89. The maximum atomic E-state index is 12.2. The number of benzene rings is 2. The van der Waals surface area contributed by atoms with Crippen molar-refractivity contribution in [2.24, 2.45) is 0 Å². The highest BCUT2D eigenvalue weighted by Gasteiger charge is 2.29. The van der Waals surface area contributed by atoms with Crippen molar-refractivity contribution >= 4 is 52.5 Å². The average molecular weight is 479 g/mol. The average Bonchev–Trinajstić information content (AvgIpc) is 2.77. The van der Waals surface area contributed by atoms with Gasteiger partial charge in [0, 0.05) is 24.8 Å². The van der Waals surface area contributed by atoms with Gasteiger partial charge >= 0.3 is 5.97 Å². The van der Waals surface area contributed by atoms with E-state index in [1.165, 1.54) is 47.4 Å². The first kappa shape index (κ1) is 23.7. The number of esters is 1. The summed E-state index contributed by atoms with van der Waals surface area (Å²) in [6.07, 6.45) is -0.917. The Bertz CT molecular complexity index is 1040. The SMILES string of the molecule is CN1CCOC(CC(=O)Nc2ccc(C(=O)OCC(=O)c3ccc(Cl)c(Cl)c3)cc2)C1=O. The van der Waals surface area contributed by atoms with Crippen LogP contribution >= 0.6 is 23.2 Å². The molecule has 1 saturated heterocycles. The maximum Gasteiger partial charge on any atom is 0.338 e. The molecule has 1 fully saturated rings. The van der Waals surface area contributed by atoms with Gasteiger partial charge in [0.05, 0.1) is 28.6 Å². The van der Waals surface area contributed by atoms with Crippen LogP contribution in [0.25, 0.3) is 0 Å². The molecule has 1 unspecified atom stereocenters. The zero-order valence-electron chi connectivity index (χ0n) is 17.1. The van der Waals surface area contributed by atoms with Gasteiger partial charge < -0.3 is 19.7 Å². The van der Waals surface area contributed by atoms with Crippen molar-refractivity contribution in [3.8, 4) is 0 Å². The van der Waals surface area contributed by atoms with E-state index in [1.54, 1.807) is 7.05 Å². The fraction of sp³-hybridized carbons (Fsp3) is 0.273. The van der Waals surface area contributed by atoms with Crippen LogP contribution in [0.3, 0.4) is 0 Å². The van der Waals surface area contributed by atoms with Gasteiger partial charge in [-0.25, -0.2) is 4.79 Å². The van der Waals surface area contributed by atoms with Crippen LogP contribution in [0.4, 0.5) is 5.69 Å². The quantitative estimate of drug-likeness (QED) is 0.484. The molecule has 10 heteroatoms. The zero-order chi connectivity index (χ0) is 23.3. The number of halogens is 2. The van der Waals surface area contributed by atoms with Gasteiger partial charge in [-0.05, 0) is 42.5 Å². The number of likely N-dealkylation sites (N-methyl/N-ethyl adjacent to an activating group) is 1. The molecule has 0 aromatic heterocycles. The molecule has 168 valence electrons. The first-order valence-electron chi connectivity index (χ1n) is 9.66. The Morgan fingerprint density at radius 1 is 1.09 bits per heavy atom. The number of nitrogens with zero attached hydrogens (tertiary/aromatic N) is 1. The lowest BCUT2D eigenvalue weighted by Gasteiger charge is -2.29. The van der Waals surface area contributed by atoms with E-state index < -0.39 is 24.5 Å². The fourth-order valence-electron chi connectivity index (χ4n) is 2.94. The van der Waals surface area contributed by atoms with Crippen molar-refractivity contribution in [1.82, 2.24) is 4.90 Å². The summed E-state index contributed by atoms with van der Waals surface area (Å²) in [5.74, 6) is -1.74. The van der Waals surface area contributed by atoms with Crippen LogP contribution in [0, 0.1) is 0 Å². The topological polar surface area (TPSA) is 102 Å². The van der Waals surface area contributed by atoms with Gasteiger partial charge in [0.2, 0.25) is 5.91 Å². The zero-order valence-corrected chi connectivity index (χ0v) is 18.6. The van der Waals surface area contributed by atoms with Gasteiger partial charge in [-0.1, -0.05) is 23.2 Å². The lowest BCUT2D eigenvalue weighted by Crippen LogP contribution is -2.46. The number of morpholine rings is 1. The van der Waals surface area contributed by atoms with E-state index in [2.05, 4.69) is 5.32 Å². The van der Waals surface area contributed by atoms with E-state index in [-0.39, 0.29) is 34.4 Å². The number of hydrogen-bond donors (Lipinski definition) is 1. The van der Waals surface area contributed by atoms with Crippen LogP contribution in [-0.2, 0) is 19.1 Å². The number of carbonyl (C=O) groups excluding carboxylic acids is 4. The first-order valence-corrected chi connectivity index (χ1v) is 10.4. The Hall–Kier alpha value is -2.94. The van der Waals surface area contributed by atoms with Crippen molar-refractivity contribution in [1.29, 1.82) is 0 Å². The molecule has 2 aromatic rings. The third-order valence-electron chi connectivity index (χ3n) is 4.75. The molecule has 32 heavy (non-hydrogen) atoms. The Kier molecular flexibility index (Phi) is 7.84. The van der Waals surface area contributed by atoms with Crippen LogP contribution in [0.15, 0.2) is 42.5 Å². The lowest BCUT2D eigenvalue weighted by molar-refractivity contribution is -0.153. The molecule has 0 saturated carbocycles. The van der Waals surface area contributed by atoms with Crippen LogP contribution in [0.5, 0.6) is 0 Å². The molecule has 0 aliphatic carbocycles. The molecule has 2 amide bonds. The standard InChI is InChI=1S/C22H20Cl2N2O6/c1-26-8-9-31-19(21(26)29)11-20(28)25-15-5-2-13(3-6-15)22(30)32-12-18(27)14-4-7-16(23)17(24)10-14/h2-7,10,19H,8-9,11-12H2,1H3,(H,25,28). The number of anilines is 1. The summed E-state index contributed by atoms with van der Waals surface area (Å²) < 4.78 is 10.4. The molecule has 1 aliphatic rings. The minimum Gasteiger partial charge on any atom is -0.454 e. The van der Waals surface area contributed by atoms with E-state index in [4.69, 9.17) is 32.7 Å². The third kappa shape index (κ3) is 6.06. The Balaban J connectivity index is 1.50. The second-order valence-electron chi connectivity index (χ2n) is 7.08. The molecule has 3 rings (SSSR count). The molecule has 1 aliphatic heterocycles. The van der Waals surface area contributed by atoms with Crippen LogP contribution in [0.1, 0.15) is 27.1 Å². The minimum absolute atomic E-state index is 0.107. The maximum absolute atomic E-state index is 12.2. The predicted molar refractivity (Wildman–Crippen MR) is 118 cm³/mol. The van der Waals surface area contributed by atoms with Crippen molar-refractivity contribution in [2.75, 3.05) is 32.1 Å². The number of carbonyl (C=O) groups is 4. The van der Waals surface area contributed by atoms with Gasteiger partial charge in [0.25, 0.3) is 5.91 Å².